The van der Waals surface area contributed by atoms with Crippen LogP contribution in [0.4, 0.5) is 11.4 Å². The van der Waals surface area contributed by atoms with Crippen molar-refractivity contribution < 1.29 is 9.59 Å². The van der Waals surface area contributed by atoms with Gasteiger partial charge in [-0.1, -0.05) is 30.3 Å². The predicted molar refractivity (Wildman–Crippen MR) is 106 cm³/mol. The average Bonchev–Trinajstić information content (AvgIpc) is 2.97. The summed E-state index contributed by atoms with van der Waals surface area (Å²) < 4.78 is 0. The van der Waals surface area contributed by atoms with E-state index >= 15 is 0 Å². The Labute approximate surface area is 155 Å². The average molecular weight is 350 g/mol. The Hall–Kier alpha value is -2.62. The van der Waals surface area contributed by atoms with Gasteiger partial charge in [0.1, 0.15) is 0 Å². The Balaban J connectivity index is 1.84. The van der Waals surface area contributed by atoms with Crippen LogP contribution in [0.1, 0.15) is 30.0 Å². The molecule has 2 aromatic rings. The molecule has 26 heavy (non-hydrogen) atoms. The molecule has 2 amide bonds. The summed E-state index contributed by atoms with van der Waals surface area (Å²) in [4.78, 5) is 29.4. The number of anilines is 2. The van der Waals surface area contributed by atoms with Crippen LogP contribution in [-0.4, -0.2) is 24.9 Å². The molecule has 3 rings (SSSR count). The van der Waals surface area contributed by atoms with Crippen molar-refractivity contribution >= 4 is 23.2 Å². The lowest BCUT2D eigenvalue weighted by Gasteiger charge is -2.25. The van der Waals surface area contributed by atoms with Gasteiger partial charge in [0.2, 0.25) is 11.8 Å². The monoisotopic (exact) mass is 350 g/mol. The second kappa shape index (κ2) is 7.32. The number of amides is 2. The van der Waals surface area contributed by atoms with Gasteiger partial charge in [-0.15, -0.1) is 0 Å². The highest BCUT2D eigenvalue weighted by Gasteiger charge is 2.38. The topological polar surface area (TPSA) is 40.6 Å². The van der Waals surface area contributed by atoms with Crippen molar-refractivity contribution in [2.45, 2.75) is 34.1 Å². The van der Waals surface area contributed by atoms with Crippen LogP contribution in [0.5, 0.6) is 0 Å². The number of benzene rings is 2. The number of hydrogen-bond donors (Lipinski definition) is 0. The van der Waals surface area contributed by atoms with E-state index in [0.717, 1.165) is 28.1 Å². The van der Waals surface area contributed by atoms with Crippen LogP contribution in [0, 0.1) is 26.7 Å². The third-order valence-electron chi connectivity index (χ3n) is 5.08. The lowest BCUT2D eigenvalue weighted by molar-refractivity contribution is -0.124. The molecule has 4 nitrogen and oxygen atoms in total. The van der Waals surface area contributed by atoms with Crippen molar-refractivity contribution in [2.24, 2.45) is 5.92 Å². The van der Waals surface area contributed by atoms with Crippen LogP contribution in [0.25, 0.3) is 0 Å². The maximum atomic E-state index is 13.1. The number of carbonyl (C=O) groups is 2. The van der Waals surface area contributed by atoms with Crippen LogP contribution >= 0.6 is 0 Å². The minimum atomic E-state index is -0.304. The molecule has 136 valence electrons. The van der Waals surface area contributed by atoms with E-state index in [4.69, 9.17) is 0 Å². The molecular weight excluding hydrogens is 324 g/mol. The van der Waals surface area contributed by atoms with Crippen molar-refractivity contribution in [3.8, 4) is 0 Å². The number of carbonyl (C=O) groups excluding carboxylic acids is 2. The zero-order valence-electron chi connectivity index (χ0n) is 16.0. The summed E-state index contributed by atoms with van der Waals surface area (Å²) in [6, 6.07) is 14.0. The lowest BCUT2D eigenvalue weighted by Crippen LogP contribution is -2.37. The summed E-state index contributed by atoms with van der Waals surface area (Å²) in [6.45, 7) is 9.05. The van der Waals surface area contributed by atoms with Gasteiger partial charge in [0.25, 0.3) is 0 Å². The molecule has 0 saturated carbocycles. The number of nitrogens with zero attached hydrogens (tertiary/aromatic N) is 2. The Bertz CT molecular complexity index is 824. The van der Waals surface area contributed by atoms with Crippen LogP contribution in [-0.2, 0) is 9.59 Å². The van der Waals surface area contributed by atoms with Gasteiger partial charge < -0.3 is 9.80 Å². The van der Waals surface area contributed by atoms with Gasteiger partial charge in [0, 0.05) is 30.9 Å². The van der Waals surface area contributed by atoms with Crippen LogP contribution in [0.2, 0.25) is 0 Å². The minimum Gasteiger partial charge on any atom is -0.312 e. The van der Waals surface area contributed by atoms with E-state index in [1.54, 1.807) is 9.80 Å². The summed E-state index contributed by atoms with van der Waals surface area (Å²) in [5.41, 5.74) is 5.10. The van der Waals surface area contributed by atoms with Gasteiger partial charge in [0.05, 0.1) is 5.92 Å². The Morgan fingerprint density at radius 1 is 1.12 bits per heavy atom. The Morgan fingerprint density at radius 3 is 2.38 bits per heavy atom. The molecule has 0 aromatic heterocycles. The zero-order chi connectivity index (χ0) is 18.8. The zero-order valence-corrected chi connectivity index (χ0v) is 16.0. The molecule has 0 bridgehead atoms. The Kier molecular flexibility index (Phi) is 5.12. The van der Waals surface area contributed by atoms with Crippen LogP contribution < -0.4 is 9.80 Å². The quantitative estimate of drug-likeness (QED) is 0.836. The fourth-order valence-electron chi connectivity index (χ4n) is 3.80. The van der Waals surface area contributed by atoms with E-state index in [9.17, 15) is 9.59 Å². The number of aryl methyl sites for hydroxylation is 3. The number of rotatable bonds is 4. The Morgan fingerprint density at radius 2 is 1.77 bits per heavy atom. The van der Waals surface area contributed by atoms with Gasteiger partial charge in [-0.05, 0) is 56.5 Å². The molecule has 0 spiro atoms. The van der Waals surface area contributed by atoms with E-state index in [2.05, 4.69) is 0 Å². The first-order chi connectivity index (χ1) is 12.4. The van der Waals surface area contributed by atoms with Crippen molar-refractivity contribution in [3.63, 3.8) is 0 Å². The van der Waals surface area contributed by atoms with E-state index < -0.39 is 0 Å². The normalized spacial score (nSPS) is 16.8. The molecule has 2 aromatic carbocycles. The summed E-state index contributed by atoms with van der Waals surface area (Å²) in [6.07, 6.45) is 0.273. The minimum absolute atomic E-state index is 0.0280. The molecule has 1 aliphatic rings. The maximum Gasteiger partial charge on any atom is 0.232 e. The fraction of sp³-hybridized carbons (Fsp3) is 0.364. The van der Waals surface area contributed by atoms with Gasteiger partial charge in [-0.2, -0.15) is 0 Å². The molecule has 0 aliphatic carbocycles. The molecule has 1 aliphatic heterocycles. The lowest BCUT2D eigenvalue weighted by atomic mass is 10.1. The van der Waals surface area contributed by atoms with Gasteiger partial charge in [-0.3, -0.25) is 9.59 Å². The standard InChI is InChI=1S/C22H26N2O2/c1-5-23(19-11-6-8-15(2)12-19)22(26)18-13-20(25)24(14-18)21-16(3)9-7-10-17(21)4/h6-12,18H,5,13-14H2,1-4H3. The van der Waals surface area contributed by atoms with E-state index in [-0.39, 0.29) is 24.2 Å². The first kappa shape index (κ1) is 18.2. The summed E-state index contributed by atoms with van der Waals surface area (Å²) >= 11 is 0. The van der Waals surface area contributed by atoms with Gasteiger partial charge >= 0.3 is 0 Å². The first-order valence-electron chi connectivity index (χ1n) is 9.17. The van der Waals surface area contributed by atoms with Crippen molar-refractivity contribution in [1.29, 1.82) is 0 Å². The molecule has 1 atom stereocenters. The molecule has 0 N–H and O–H groups in total. The molecule has 1 heterocycles. The third-order valence-corrected chi connectivity index (χ3v) is 5.08. The van der Waals surface area contributed by atoms with Gasteiger partial charge in [-0.25, -0.2) is 0 Å². The van der Waals surface area contributed by atoms with Crippen molar-refractivity contribution in [1.82, 2.24) is 0 Å². The predicted octanol–water partition coefficient (Wildman–Crippen LogP) is 4.02. The highest BCUT2D eigenvalue weighted by molar-refractivity contribution is 6.05. The summed E-state index contributed by atoms with van der Waals surface area (Å²) in [7, 11) is 0. The number of hydrogen-bond acceptors (Lipinski definition) is 2. The van der Waals surface area contributed by atoms with Crippen molar-refractivity contribution in [2.75, 3.05) is 22.9 Å². The fourth-order valence-corrected chi connectivity index (χ4v) is 3.80. The highest BCUT2D eigenvalue weighted by atomic mass is 16.2. The third kappa shape index (κ3) is 3.36. The van der Waals surface area contributed by atoms with Crippen LogP contribution in [0.15, 0.2) is 42.5 Å². The van der Waals surface area contributed by atoms with Crippen LogP contribution in [0.3, 0.4) is 0 Å². The molecule has 1 unspecified atom stereocenters. The SMILES string of the molecule is CCN(C(=O)C1CC(=O)N(c2c(C)cccc2C)C1)c1cccc(C)c1. The van der Waals surface area contributed by atoms with E-state index in [1.807, 2.05) is 70.2 Å². The van der Waals surface area contributed by atoms with Crippen molar-refractivity contribution in [3.05, 3.63) is 59.2 Å². The molecule has 1 saturated heterocycles. The molecule has 0 radical (unpaired) electrons. The van der Waals surface area contributed by atoms with E-state index in [0.29, 0.717) is 13.1 Å². The maximum absolute atomic E-state index is 13.1. The van der Waals surface area contributed by atoms with Gasteiger partial charge in [0.15, 0.2) is 0 Å². The highest BCUT2D eigenvalue weighted by Crippen LogP contribution is 2.32. The second-order valence-corrected chi connectivity index (χ2v) is 7.07. The summed E-state index contributed by atoms with van der Waals surface area (Å²) in [5.74, 6) is -0.247. The molecule has 1 fully saturated rings. The number of para-hydroxylation sites is 1. The smallest absolute Gasteiger partial charge is 0.232 e. The summed E-state index contributed by atoms with van der Waals surface area (Å²) in [5, 5.41) is 0. The largest absolute Gasteiger partial charge is 0.312 e. The van der Waals surface area contributed by atoms with E-state index in [1.165, 1.54) is 0 Å². The second-order valence-electron chi connectivity index (χ2n) is 7.07. The molecular formula is C22H26N2O2. The molecule has 4 heteroatoms. The first-order valence-corrected chi connectivity index (χ1v) is 9.17.